The molecule has 5 nitrogen and oxygen atoms in total. The Morgan fingerprint density at radius 2 is 1.58 bits per heavy atom. The Bertz CT molecular complexity index is 1260. The lowest BCUT2D eigenvalue weighted by Crippen LogP contribution is -2.65. The number of sulfonamides is 1. The normalized spacial score (nSPS) is 21.3. The Kier molecular flexibility index (Phi) is 5.58. The lowest BCUT2D eigenvalue weighted by atomic mass is 9.78. The van der Waals surface area contributed by atoms with E-state index in [0.717, 1.165) is 22.0 Å². The molecule has 0 aromatic heterocycles. The largest absolute Gasteiger partial charge is 0.395 e. The number of nitriles is 1. The van der Waals surface area contributed by atoms with Crippen LogP contribution >= 0.6 is 0 Å². The molecule has 31 heavy (non-hydrogen) atoms. The Hall–Kier alpha value is -3.12. The zero-order chi connectivity index (χ0) is 22.2. The molecule has 1 saturated heterocycles. The van der Waals surface area contributed by atoms with Crippen LogP contribution in [0.2, 0.25) is 0 Å². The van der Waals surface area contributed by atoms with E-state index in [1.807, 2.05) is 6.07 Å². The molecular formula is C23H18F2N2O3S. The van der Waals surface area contributed by atoms with Gasteiger partial charge in [0.25, 0.3) is 0 Å². The standard InChI is InChI=1S/C23H18F2N2O3S/c24-18-4-1-3-17(11-18)15-7-9-16(10-8-15)23-21(13-26)27(22(23)14-28)31(29,30)20-6-2-5-19(25)12-20/h1-12,21-23,28H,14H2/t21-,22-,23-/m0/s1. The predicted octanol–water partition coefficient (Wildman–Crippen LogP) is 3.67. The Morgan fingerprint density at radius 3 is 2.16 bits per heavy atom. The maximum absolute atomic E-state index is 13.6. The zero-order valence-corrected chi connectivity index (χ0v) is 17.0. The van der Waals surface area contributed by atoms with E-state index in [1.54, 1.807) is 36.4 Å². The molecule has 0 spiro atoms. The molecule has 4 rings (SSSR count). The monoisotopic (exact) mass is 440 g/mol. The van der Waals surface area contributed by atoms with Crippen molar-refractivity contribution in [2.75, 3.05) is 6.61 Å². The summed E-state index contributed by atoms with van der Waals surface area (Å²) in [6, 6.07) is 17.8. The van der Waals surface area contributed by atoms with Gasteiger partial charge in [-0.1, -0.05) is 42.5 Å². The van der Waals surface area contributed by atoms with Gasteiger partial charge in [0.1, 0.15) is 17.7 Å². The van der Waals surface area contributed by atoms with Crippen LogP contribution in [-0.2, 0) is 10.0 Å². The summed E-state index contributed by atoms with van der Waals surface area (Å²) >= 11 is 0. The second-order valence-corrected chi connectivity index (χ2v) is 9.12. The van der Waals surface area contributed by atoms with E-state index in [1.165, 1.54) is 24.3 Å². The predicted molar refractivity (Wildman–Crippen MR) is 110 cm³/mol. The molecule has 8 heteroatoms. The highest BCUT2D eigenvalue weighted by atomic mass is 32.2. The molecule has 1 N–H and O–H groups in total. The van der Waals surface area contributed by atoms with Crippen LogP contribution in [0.5, 0.6) is 0 Å². The summed E-state index contributed by atoms with van der Waals surface area (Å²) in [7, 11) is -4.17. The van der Waals surface area contributed by atoms with Crippen LogP contribution in [0.4, 0.5) is 8.78 Å². The van der Waals surface area contributed by atoms with Gasteiger partial charge in [0.2, 0.25) is 10.0 Å². The first-order valence-electron chi connectivity index (χ1n) is 9.52. The van der Waals surface area contributed by atoms with Crippen molar-refractivity contribution in [2.24, 2.45) is 0 Å². The number of hydrogen-bond acceptors (Lipinski definition) is 4. The quantitative estimate of drug-likeness (QED) is 0.656. The third-order valence-electron chi connectivity index (χ3n) is 5.50. The minimum Gasteiger partial charge on any atom is -0.395 e. The first kappa shape index (κ1) is 21.1. The number of aliphatic hydroxyl groups is 1. The van der Waals surface area contributed by atoms with Crippen molar-refractivity contribution < 1.29 is 22.3 Å². The molecule has 1 aliphatic heterocycles. The lowest BCUT2D eigenvalue weighted by molar-refractivity contribution is 0.0556. The minimum atomic E-state index is -4.17. The van der Waals surface area contributed by atoms with Crippen molar-refractivity contribution in [3.63, 3.8) is 0 Å². The minimum absolute atomic E-state index is 0.272. The van der Waals surface area contributed by atoms with Crippen molar-refractivity contribution >= 4 is 10.0 Å². The van der Waals surface area contributed by atoms with Crippen LogP contribution < -0.4 is 0 Å². The van der Waals surface area contributed by atoms with Crippen molar-refractivity contribution in [1.82, 2.24) is 4.31 Å². The first-order chi connectivity index (χ1) is 14.9. The summed E-state index contributed by atoms with van der Waals surface area (Å²) in [5.74, 6) is -1.62. The van der Waals surface area contributed by atoms with Gasteiger partial charge in [-0.15, -0.1) is 0 Å². The highest BCUT2D eigenvalue weighted by Crippen LogP contribution is 2.44. The number of nitrogens with zero attached hydrogens (tertiary/aromatic N) is 2. The van der Waals surface area contributed by atoms with Crippen LogP contribution in [0.25, 0.3) is 11.1 Å². The van der Waals surface area contributed by atoms with Crippen LogP contribution in [0.3, 0.4) is 0 Å². The smallest absolute Gasteiger partial charge is 0.244 e. The number of halogens is 2. The van der Waals surface area contributed by atoms with Crippen LogP contribution in [0.15, 0.2) is 77.7 Å². The molecule has 1 heterocycles. The maximum Gasteiger partial charge on any atom is 0.244 e. The third kappa shape index (κ3) is 3.72. The van der Waals surface area contributed by atoms with Crippen molar-refractivity contribution in [2.45, 2.75) is 22.9 Å². The maximum atomic E-state index is 13.6. The van der Waals surface area contributed by atoms with Gasteiger partial charge in [0.05, 0.1) is 23.6 Å². The van der Waals surface area contributed by atoms with Gasteiger partial charge in [0, 0.05) is 5.92 Å². The number of aliphatic hydroxyl groups excluding tert-OH is 1. The number of rotatable bonds is 5. The first-order valence-corrected chi connectivity index (χ1v) is 11.0. The number of benzene rings is 3. The molecule has 0 unspecified atom stereocenters. The summed E-state index contributed by atoms with van der Waals surface area (Å²) < 4.78 is 54.0. The van der Waals surface area contributed by atoms with Gasteiger partial charge in [-0.2, -0.15) is 9.57 Å². The molecule has 1 aliphatic rings. The van der Waals surface area contributed by atoms with E-state index in [9.17, 15) is 27.6 Å². The molecule has 158 valence electrons. The van der Waals surface area contributed by atoms with Gasteiger partial charge < -0.3 is 5.11 Å². The molecule has 0 amide bonds. The molecule has 1 fully saturated rings. The van der Waals surface area contributed by atoms with Crippen molar-refractivity contribution in [3.8, 4) is 17.2 Å². The van der Waals surface area contributed by atoms with Crippen molar-refractivity contribution in [3.05, 3.63) is 90.0 Å². The number of hydrogen-bond donors (Lipinski definition) is 1. The topological polar surface area (TPSA) is 81.4 Å². The SMILES string of the molecule is N#C[C@H]1[C@H](c2ccc(-c3cccc(F)c3)cc2)[C@H](CO)N1S(=O)(=O)c1cccc(F)c1. The van der Waals surface area contributed by atoms with Crippen LogP contribution in [0, 0.1) is 23.0 Å². The average Bonchev–Trinajstić information content (AvgIpc) is 2.74. The molecule has 0 saturated carbocycles. The third-order valence-corrected chi connectivity index (χ3v) is 7.40. The highest BCUT2D eigenvalue weighted by molar-refractivity contribution is 7.89. The summed E-state index contributed by atoms with van der Waals surface area (Å²) in [5.41, 5.74) is 2.13. The molecule has 0 aliphatic carbocycles. The van der Waals surface area contributed by atoms with Crippen LogP contribution in [-0.4, -0.2) is 36.5 Å². The fourth-order valence-corrected chi connectivity index (χ4v) is 5.80. The molecular weight excluding hydrogens is 422 g/mol. The summed E-state index contributed by atoms with van der Waals surface area (Å²) in [4.78, 5) is -0.272. The Morgan fingerprint density at radius 1 is 0.935 bits per heavy atom. The van der Waals surface area contributed by atoms with Gasteiger partial charge in [-0.05, 0) is 47.0 Å². The highest BCUT2D eigenvalue weighted by Gasteiger charge is 2.55. The average molecular weight is 440 g/mol. The van der Waals surface area contributed by atoms with E-state index < -0.39 is 40.4 Å². The van der Waals surface area contributed by atoms with E-state index >= 15 is 0 Å². The van der Waals surface area contributed by atoms with Gasteiger partial charge >= 0.3 is 0 Å². The molecule has 0 radical (unpaired) electrons. The second kappa shape index (κ2) is 8.19. The summed E-state index contributed by atoms with van der Waals surface area (Å²) in [5, 5.41) is 19.6. The molecule has 0 bridgehead atoms. The van der Waals surface area contributed by atoms with Gasteiger partial charge in [0.15, 0.2) is 0 Å². The summed E-state index contributed by atoms with van der Waals surface area (Å²) in [6.07, 6.45) is 0. The van der Waals surface area contributed by atoms with E-state index in [0.29, 0.717) is 11.1 Å². The van der Waals surface area contributed by atoms with Crippen LogP contribution in [0.1, 0.15) is 11.5 Å². The zero-order valence-electron chi connectivity index (χ0n) is 16.2. The summed E-state index contributed by atoms with van der Waals surface area (Å²) in [6.45, 7) is -0.497. The second-order valence-electron chi connectivity index (χ2n) is 7.27. The lowest BCUT2D eigenvalue weighted by Gasteiger charge is -2.50. The fraction of sp³-hybridized carbons (Fsp3) is 0.174. The van der Waals surface area contributed by atoms with Crippen molar-refractivity contribution in [1.29, 1.82) is 5.26 Å². The van der Waals surface area contributed by atoms with E-state index in [2.05, 4.69) is 0 Å². The molecule has 3 aromatic carbocycles. The molecule has 3 atom stereocenters. The Labute approximate surface area is 178 Å². The van der Waals surface area contributed by atoms with Gasteiger partial charge in [-0.3, -0.25) is 0 Å². The Balaban J connectivity index is 1.65. The van der Waals surface area contributed by atoms with E-state index in [4.69, 9.17) is 0 Å². The fourth-order valence-electron chi connectivity index (χ4n) is 4.01. The van der Waals surface area contributed by atoms with E-state index in [-0.39, 0.29) is 10.7 Å². The molecule has 3 aromatic rings. The van der Waals surface area contributed by atoms with Gasteiger partial charge in [-0.25, -0.2) is 17.2 Å².